The number of aliphatic hydroxyl groups excluding tert-OH is 1. The van der Waals surface area contributed by atoms with E-state index in [-0.39, 0.29) is 12.5 Å². The van der Waals surface area contributed by atoms with Crippen molar-refractivity contribution >= 4 is 11.9 Å². The number of hydrogen-bond donors (Lipinski definition) is 2. The van der Waals surface area contributed by atoms with Gasteiger partial charge in [-0.1, -0.05) is 0 Å². The van der Waals surface area contributed by atoms with Crippen LogP contribution < -0.4 is 10.1 Å². The van der Waals surface area contributed by atoms with Crippen LogP contribution >= 0.6 is 0 Å². The molecule has 2 fully saturated rings. The lowest BCUT2D eigenvalue weighted by Gasteiger charge is -2.29. The molecule has 2 saturated heterocycles. The number of amides is 1. The number of carbonyl (C=O) groups is 2. The van der Waals surface area contributed by atoms with Crippen LogP contribution in [-0.2, 0) is 19.0 Å². The zero-order chi connectivity index (χ0) is 18.3. The van der Waals surface area contributed by atoms with Gasteiger partial charge in [-0.05, 0) is 24.3 Å². The van der Waals surface area contributed by atoms with E-state index >= 15 is 0 Å². The number of hydrogen-bond acceptors (Lipinski definition) is 8. The summed E-state index contributed by atoms with van der Waals surface area (Å²) < 4.78 is 21.7. The van der Waals surface area contributed by atoms with Gasteiger partial charge in [0.25, 0.3) is 0 Å². The Morgan fingerprint density at radius 3 is 2.81 bits per heavy atom. The number of nitrogens with zero attached hydrogens (tertiary/aromatic N) is 1. The second-order valence-electron chi connectivity index (χ2n) is 6.11. The van der Waals surface area contributed by atoms with Crippen LogP contribution in [0.4, 0.5) is 0 Å². The van der Waals surface area contributed by atoms with E-state index in [0.717, 1.165) is 0 Å². The highest BCUT2D eigenvalue weighted by atomic mass is 16.6. The fraction of sp³-hybridized carbons (Fsp3) is 0.412. The quantitative estimate of drug-likeness (QED) is 0.695. The summed E-state index contributed by atoms with van der Waals surface area (Å²) >= 11 is 0. The molecule has 5 atom stereocenters. The Bertz CT molecular complexity index is 735. The number of ether oxygens (including phenoxy) is 4. The second kappa shape index (κ2) is 6.60. The third kappa shape index (κ3) is 2.90. The van der Waals surface area contributed by atoms with Gasteiger partial charge in [0.2, 0.25) is 12.3 Å². The van der Waals surface area contributed by atoms with Crippen LogP contribution in [0, 0.1) is 0 Å². The number of carbonyl (C=O) groups excluding carboxylic acids is 2. The Kier molecular flexibility index (Phi) is 4.27. The first kappa shape index (κ1) is 16.8. The lowest BCUT2D eigenvalue weighted by Crippen LogP contribution is -2.48. The summed E-state index contributed by atoms with van der Waals surface area (Å²) in [7, 11) is 1.54. The molecule has 9 nitrogen and oxygen atoms in total. The van der Waals surface area contributed by atoms with Crippen molar-refractivity contribution in [2.75, 3.05) is 13.7 Å². The molecule has 0 radical (unpaired) electrons. The molecule has 3 aliphatic rings. The van der Waals surface area contributed by atoms with Gasteiger partial charge in [-0.3, -0.25) is 4.79 Å². The third-order valence-corrected chi connectivity index (χ3v) is 4.53. The normalized spacial score (nSPS) is 32.0. The summed E-state index contributed by atoms with van der Waals surface area (Å²) in [5.41, 5.74) is 0.372. The fourth-order valence-electron chi connectivity index (χ4n) is 3.16. The molecular weight excluding hydrogens is 344 g/mol. The molecule has 1 amide bonds. The van der Waals surface area contributed by atoms with Crippen molar-refractivity contribution in [3.8, 4) is 5.75 Å². The van der Waals surface area contributed by atoms with E-state index in [1.807, 2.05) is 0 Å². The number of methoxy groups -OCH3 is 1. The molecule has 1 aromatic carbocycles. The second-order valence-corrected chi connectivity index (χ2v) is 6.11. The number of benzene rings is 1. The molecule has 1 aromatic rings. The molecule has 3 heterocycles. The van der Waals surface area contributed by atoms with Crippen LogP contribution in [0.3, 0.4) is 0 Å². The maximum atomic E-state index is 12.1. The van der Waals surface area contributed by atoms with Crippen molar-refractivity contribution < 1.29 is 33.6 Å². The Balaban J connectivity index is 1.36. The Labute approximate surface area is 149 Å². The van der Waals surface area contributed by atoms with Gasteiger partial charge >= 0.3 is 5.97 Å². The minimum atomic E-state index is -0.987. The van der Waals surface area contributed by atoms with Crippen molar-refractivity contribution in [3.63, 3.8) is 0 Å². The van der Waals surface area contributed by atoms with Gasteiger partial charge in [0, 0.05) is 12.3 Å². The smallest absolute Gasteiger partial charge is 0.338 e. The summed E-state index contributed by atoms with van der Waals surface area (Å²) in [5.74, 6) is -0.160. The van der Waals surface area contributed by atoms with Crippen LogP contribution in [0.5, 0.6) is 5.75 Å². The zero-order valence-electron chi connectivity index (χ0n) is 13.9. The van der Waals surface area contributed by atoms with Crippen LogP contribution in [-0.4, -0.2) is 66.5 Å². The average molecular weight is 362 g/mol. The Morgan fingerprint density at radius 2 is 2.08 bits per heavy atom. The van der Waals surface area contributed by atoms with Gasteiger partial charge in [-0.25, -0.2) is 4.79 Å². The molecule has 4 rings (SSSR count). The third-order valence-electron chi connectivity index (χ3n) is 4.53. The molecule has 138 valence electrons. The number of fused-ring (bicyclic) bond motifs is 3. The molecule has 0 spiro atoms. The summed E-state index contributed by atoms with van der Waals surface area (Å²) in [4.78, 5) is 25.1. The predicted molar refractivity (Wildman–Crippen MR) is 85.7 cm³/mol. The van der Waals surface area contributed by atoms with Gasteiger partial charge in [-0.15, -0.1) is 0 Å². The van der Waals surface area contributed by atoms with E-state index < -0.39 is 36.9 Å². The fourth-order valence-corrected chi connectivity index (χ4v) is 3.16. The van der Waals surface area contributed by atoms with Crippen LogP contribution in [0.1, 0.15) is 10.4 Å². The zero-order valence-corrected chi connectivity index (χ0v) is 13.9. The highest BCUT2D eigenvalue weighted by Gasteiger charge is 2.55. The molecule has 0 aliphatic carbocycles. The molecule has 2 unspecified atom stereocenters. The highest BCUT2D eigenvalue weighted by Crippen LogP contribution is 2.35. The van der Waals surface area contributed by atoms with Gasteiger partial charge in [0.15, 0.2) is 6.23 Å². The van der Waals surface area contributed by atoms with E-state index in [2.05, 4.69) is 5.32 Å². The topological polar surface area (TPSA) is 107 Å². The van der Waals surface area contributed by atoms with Gasteiger partial charge in [0.05, 0.1) is 12.7 Å². The van der Waals surface area contributed by atoms with Crippen molar-refractivity contribution in [3.05, 3.63) is 42.1 Å². The number of esters is 1. The van der Waals surface area contributed by atoms with Crippen molar-refractivity contribution in [1.82, 2.24) is 10.2 Å². The predicted octanol–water partition coefficient (Wildman–Crippen LogP) is -0.434. The van der Waals surface area contributed by atoms with Gasteiger partial charge in [-0.2, -0.15) is 0 Å². The summed E-state index contributed by atoms with van der Waals surface area (Å²) in [6, 6.07) is 6.51. The average Bonchev–Trinajstić information content (AvgIpc) is 3.15. The van der Waals surface area contributed by atoms with Crippen molar-refractivity contribution in [2.45, 2.75) is 30.9 Å². The first-order chi connectivity index (χ1) is 12.6. The lowest BCUT2D eigenvalue weighted by molar-refractivity contribution is -0.133. The molecular formula is C17H18N2O7. The van der Waals surface area contributed by atoms with Crippen molar-refractivity contribution in [1.29, 1.82) is 0 Å². The summed E-state index contributed by atoms with van der Waals surface area (Å²) in [5, 5.41) is 13.0. The van der Waals surface area contributed by atoms with Gasteiger partial charge in [0.1, 0.15) is 30.7 Å². The standard InChI is InChI=1S/C17H18N2O7/c1-23-10-4-2-9(3-5-10)16(22)24-8-11-13(21)14-15(25-11)19-7-6-12(20)18-17(19)26-14/h2-7,11,13-15,17,21H,8H2,1H3,(H,18,20)/t11-,13+,14?,15-,17?/m1/s1. The SMILES string of the molecule is COc1ccc(C(=O)OC[C@H]2O[C@@H]3C(OC4NC(=O)C=CN43)[C@H]2O)cc1. The minimum Gasteiger partial charge on any atom is -0.497 e. The van der Waals surface area contributed by atoms with Crippen LogP contribution in [0.25, 0.3) is 0 Å². The summed E-state index contributed by atoms with van der Waals surface area (Å²) in [6.07, 6.45) is -0.662. The summed E-state index contributed by atoms with van der Waals surface area (Å²) in [6.45, 7) is -0.114. The van der Waals surface area contributed by atoms with Crippen LogP contribution in [0.15, 0.2) is 36.5 Å². The van der Waals surface area contributed by atoms with E-state index in [1.54, 1.807) is 42.5 Å². The monoisotopic (exact) mass is 362 g/mol. The molecule has 26 heavy (non-hydrogen) atoms. The largest absolute Gasteiger partial charge is 0.497 e. The van der Waals surface area contributed by atoms with Crippen LogP contribution in [0.2, 0.25) is 0 Å². The molecule has 9 heteroatoms. The molecule has 0 aromatic heterocycles. The molecule has 0 bridgehead atoms. The Hall–Kier alpha value is -2.62. The van der Waals surface area contributed by atoms with Gasteiger partial charge < -0.3 is 34.3 Å². The number of nitrogens with one attached hydrogen (secondary N) is 1. The Morgan fingerprint density at radius 1 is 1.31 bits per heavy atom. The van der Waals surface area contributed by atoms with Crippen molar-refractivity contribution in [2.24, 2.45) is 0 Å². The highest BCUT2D eigenvalue weighted by molar-refractivity contribution is 5.89. The molecule has 3 aliphatic heterocycles. The molecule has 0 saturated carbocycles. The lowest BCUT2D eigenvalue weighted by atomic mass is 10.1. The molecule has 2 N–H and O–H groups in total. The first-order valence-corrected chi connectivity index (χ1v) is 8.13. The maximum Gasteiger partial charge on any atom is 0.338 e. The van der Waals surface area contributed by atoms with E-state index in [0.29, 0.717) is 11.3 Å². The van der Waals surface area contributed by atoms with E-state index in [4.69, 9.17) is 18.9 Å². The first-order valence-electron chi connectivity index (χ1n) is 8.13. The number of rotatable bonds is 4. The minimum absolute atomic E-state index is 0.114. The number of aliphatic hydroxyl groups is 1. The maximum absolute atomic E-state index is 12.1. The van der Waals surface area contributed by atoms with E-state index in [1.165, 1.54) is 6.08 Å². The van der Waals surface area contributed by atoms with E-state index in [9.17, 15) is 14.7 Å².